The predicted molar refractivity (Wildman–Crippen MR) is 102 cm³/mol. The van der Waals surface area contributed by atoms with Gasteiger partial charge in [-0.15, -0.1) is 0 Å². The number of hydrogen-bond acceptors (Lipinski definition) is 4. The molecular weight excluding hydrogens is 368 g/mol. The predicted octanol–water partition coefficient (Wildman–Crippen LogP) is 4.32. The minimum atomic E-state index is -2.95. The van der Waals surface area contributed by atoms with E-state index in [2.05, 4.69) is 15.0 Å². The summed E-state index contributed by atoms with van der Waals surface area (Å²) in [6, 6.07) is 13.2. The molecule has 148 valence electrons. The van der Waals surface area contributed by atoms with Crippen molar-refractivity contribution in [3.05, 3.63) is 54.1 Å². The first-order chi connectivity index (χ1) is 13.6. The smallest absolute Gasteiger partial charge is 0.387 e. The number of halogens is 2. The number of aromatic nitrogens is 2. The first-order valence-electron chi connectivity index (χ1n) is 8.97. The number of alkyl halides is 2. The molecule has 0 fully saturated rings. The summed E-state index contributed by atoms with van der Waals surface area (Å²) in [6.07, 6.45) is 0.759. The van der Waals surface area contributed by atoms with Gasteiger partial charge in [-0.05, 0) is 43.7 Å². The first-order valence-corrected chi connectivity index (χ1v) is 8.97. The fourth-order valence-electron chi connectivity index (χ4n) is 2.85. The average Bonchev–Trinajstić information content (AvgIpc) is 3.02. The van der Waals surface area contributed by atoms with Gasteiger partial charge in [0.2, 0.25) is 5.95 Å². The lowest BCUT2D eigenvalue weighted by Gasteiger charge is -2.11. The molecule has 0 saturated carbocycles. The molecule has 8 heteroatoms. The Kier molecular flexibility index (Phi) is 6.54. The zero-order chi connectivity index (χ0) is 19.9. The maximum atomic E-state index is 12.6. The van der Waals surface area contributed by atoms with Gasteiger partial charge >= 0.3 is 6.61 Å². The largest absolute Gasteiger partial charge is 0.435 e. The second kappa shape index (κ2) is 9.27. The van der Waals surface area contributed by atoms with E-state index in [-0.39, 0.29) is 11.3 Å². The fourth-order valence-corrected chi connectivity index (χ4v) is 2.85. The number of carbonyl (C=O) groups excluding carboxylic acids is 1. The Bertz CT molecular complexity index is 943. The molecule has 1 aromatic heterocycles. The third-order valence-corrected chi connectivity index (χ3v) is 4.08. The van der Waals surface area contributed by atoms with Crippen LogP contribution < -0.4 is 10.1 Å². The Morgan fingerprint density at radius 3 is 2.82 bits per heavy atom. The number of ether oxygens (including phenoxy) is 2. The van der Waals surface area contributed by atoms with E-state index in [0.717, 1.165) is 17.5 Å². The van der Waals surface area contributed by atoms with Crippen LogP contribution >= 0.6 is 0 Å². The highest BCUT2D eigenvalue weighted by Crippen LogP contribution is 2.22. The summed E-state index contributed by atoms with van der Waals surface area (Å²) in [6.45, 7) is 0.844. The van der Waals surface area contributed by atoms with Crippen molar-refractivity contribution in [3.8, 4) is 5.75 Å². The van der Waals surface area contributed by atoms with Crippen molar-refractivity contribution in [2.45, 2.75) is 26.5 Å². The van der Waals surface area contributed by atoms with E-state index in [9.17, 15) is 13.6 Å². The number of hydrogen-bond donors (Lipinski definition) is 1. The van der Waals surface area contributed by atoms with Crippen molar-refractivity contribution >= 4 is 22.9 Å². The summed E-state index contributed by atoms with van der Waals surface area (Å²) in [5.74, 6) is -0.142. The number of aryl methyl sites for hydroxylation is 1. The minimum absolute atomic E-state index is 0.0760. The molecule has 3 rings (SSSR count). The van der Waals surface area contributed by atoms with E-state index < -0.39 is 12.5 Å². The van der Waals surface area contributed by atoms with Crippen LogP contribution in [0.1, 0.15) is 23.7 Å². The Morgan fingerprint density at radius 1 is 1.21 bits per heavy atom. The molecule has 0 aliphatic heterocycles. The molecule has 0 aliphatic rings. The molecule has 0 radical (unpaired) electrons. The fraction of sp³-hybridized carbons (Fsp3) is 0.300. The second-order valence-corrected chi connectivity index (χ2v) is 5.99. The standard InChI is InChI=1S/C20H21F2N3O3/c1-2-27-12-6-11-25-17-10-4-3-9-16(17)23-20(25)24-18(26)14-7-5-8-15(13-14)28-19(21)22/h3-5,7-10,13,19H,2,6,11-12H2,1H3,(H,23,24,26). The molecule has 28 heavy (non-hydrogen) atoms. The number of para-hydroxylation sites is 2. The number of carbonyl (C=O) groups is 1. The van der Waals surface area contributed by atoms with Crippen LogP contribution in [-0.4, -0.2) is 35.3 Å². The zero-order valence-electron chi connectivity index (χ0n) is 15.4. The molecule has 0 unspecified atom stereocenters. The van der Waals surface area contributed by atoms with Crippen LogP contribution in [0.15, 0.2) is 48.5 Å². The highest BCUT2D eigenvalue weighted by atomic mass is 19.3. The SMILES string of the molecule is CCOCCCn1c(NC(=O)c2cccc(OC(F)F)c2)nc2ccccc21. The minimum Gasteiger partial charge on any atom is -0.435 e. The summed E-state index contributed by atoms with van der Waals surface area (Å²) in [4.78, 5) is 17.1. The molecule has 0 spiro atoms. The molecular formula is C20H21F2N3O3. The van der Waals surface area contributed by atoms with Gasteiger partial charge in [0.25, 0.3) is 5.91 Å². The van der Waals surface area contributed by atoms with Gasteiger partial charge in [0.15, 0.2) is 0 Å². The molecule has 2 aromatic carbocycles. The number of imidazole rings is 1. The van der Waals surface area contributed by atoms with Crippen LogP contribution in [0.2, 0.25) is 0 Å². The molecule has 3 aromatic rings. The van der Waals surface area contributed by atoms with Crippen LogP contribution in [-0.2, 0) is 11.3 Å². The lowest BCUT2D eigenvalue weighted by molar-refractivity contribution is -0.0498. The number of rotatable bonds is 9. The van der Waals surface area contributed by atoms with E-state index in [1.54, 1.807) is 0 Å². The van der Waals surface area contributed by atoms with Gasteiger partial charge < -0.3 is 14.0 Å². The van der Waals surface area contributed by atoms with Crippen molar-refractivity contribution in [2.75, 3.05) is 18.5 Å². The van der Waals surface area contributed by atoms with E-state index in [4.69, 9.17) is 4.74 Å². The Morgan fingerprint density at radius 2 is 2.04 bits per heavy atom. The second-order valence-electron chi connectivity index (χ2n) is 5.99. The van der Waals surface area contributed by atoms with Gasteiger partial charge in [-0.1, -0.05) is 18.2 Å². The van der Waals surface area contributed by atoms with Gasteiger partial charge in [0, 0.05) is 25.3 Å². The lowest BCUT2D eigenvalue weighted by Crippen LogP contribution is -2.17. The molecule has 0 aliphatic carbocycles. The average molecular weight is 389 g/mol. The Labute approximate surface area is 161 Å². The summed E-state index contributed by atoms with van der Waals surface area (Å²) >= 11 is 0. The third-order valence-electron chi connectivity index (χ3n) is 4.08. The normalized spacial score (nSPS) is 11.1. The van der Waals surface area contributed by atoms with Gasteiger partial charge in [-0.25, -0.2) is 4.98 Å². The molecule has 0 atom stereocenters. The number of anilines is 1. The topological polar surface area (TPSA) is 65.4 Å². The number of benzene rings is 2. The quantitative estimate of drug-likeness (QED) is 0.554. The summed E-state index contributed by atoms with van der Waals surface area (Å²) < 4.78 is 36.4. The molecule has 6 nitrogen and oxygen atoms in total. The van der Waals surface area contributed by atoms with E-state index in [0.29, 0.717) is 25.7 Å². The maximum Gasteiger partial charge on any atom is 0.387 e. The summed E-state index contributed by atoms with van der Waals surface area (Å²) in [5, 5.41) is 2.77. The Hall–Kier alpha value is -3.00. The third kappa shape index (κ3) is 4.83. The maximum absolute atomic E-state index is 12.6. The summed E-state index contributed by atoms with van der Waals surface area (Å²) in [5.41, 5.74) is 1.85. The molecule has 1 heterocycles. The van der Waals surface area contributed by atoms with Crippen LogP contribution in [0.3, 0.4) is 0 Å². The highest BCUT2D eigenvalue weighted by molar-refractivity contribution is 6.04. The van der Waals surface area contributed by atoms with E-state index in [1.165, 1.54) is 24.3 Å². The van der Waals surface area contributed by atoms with E-state index >= 15 is 0 Å². The van der Waals surface area contributed by atoms with Gasteiger partial charge in [-0.2, -0.15) is 8.78 Å². The molecule has 1 N–H and O–H groups in total. The summed E-state index contributed by atoms with van der Waals surface area (Å²) in [7, 11) is 0. The van der Waals surface area contributed by atoms with Crippen LogP contribution in [0.4, 0.5) is 14.7 Å². The van der Waals surface area contributed by atoms with Crippen molar-refractivity contribution in [1.82, 2.24) is 9.55 Å². The van der Waals surface area contributed by atoms with Gasteiger partial charge in [0.05, 0.1) is 11.0 Å². The number of amides is 1. The van der Waals surface area contributed by atoms with Crippen molar-refractivity contribution in [3.63, 3.8) is 0 Å². The highest BCUT2D eigenvalue weighted by Gasteiger charge is 2.15. The number of nitrogens with zero attached hydrogens (tertiary/aromatic N) is 2. The van der Waals surface area contributed by atoms with Crippen molar-refractivity contribution in [1.29, 1.82) is 0 Å². The van der Waals surface area contributed by atoms with Crippen LogP contribution in [0, 0.1) is 0 Å². The zero-order valence-corrected chi connectivity index (χ0v) is 15.4. The van der Waals surface area contributed by atoms with Gasteiger partial charge in [0.1, 0.15) is 5.75 Å². The number of fused-ring (bicyclic) bond motifs is 1. The molecule has 1 amide bonds. The first kappa shape index (κ1) is 19.8. The van der Waals surface area contributed by atoms with Crippen molar-refractivity contribution in [2.24, 2.45) is 0 Å². The Balaban J connectivity index is 1.82. The number of nitrogens with one attached hydrogen (secondary N) is 1. The molecule has 0 bridgehead atoms. The lowest BCUT2D eigenvalue weighted by atomic mass is 10.2. The molecule has 0 saturated heterocycles. The monoisotopic (exact) mass is 389 g/mol. The van der Waals surface area contributed by atoms with Crippen molar-refractivity contribution < 1.29 is 23.0 Å². The van der Waals surface area contributed by atoms with Crippen LogP contribution in [0.5, 0.6) is 5.75 Å². The van der Waals surface area contributed by atoms with E-state index in [1.807, 2.05) is 35.8 Å². The van der Waals surface area contributed by atoms with Crippen LogP contribution in [0.25, 0.3) is 11.0 Å². The van der Waals surface area contributed by atoms with Gasteiger partial charge in [-0.3, -0.25) is 10.1 Å².